The zero-order chi connectivity index (χ0) is 13.4. The molecular formula is C14H8ClNO3. The lowest BCUT2D eigenvalue weighted by Crippen LogP contribution is -1.99. The first kappa shape index (κ1) is 11.7. The normalized spacial score (nSPS) is 10.8. The summed E-state index contributed by atoms with van der Waals surface area (Å²) in [7, 11) is 0. The van der Waals surface area contributed by atoms with Crippen LogP contribution in [0.15, 0.2) is 47.1 Å². The van der Waals surface area contributed by atoms with E-state index in [9.17, 15) is 4.79 Å². The Morgan fingerprint density at radius 1 is 1.32 bits per heavy atom. The summed E-state index contributed by atoms with van der Waals surface area (Å²) >= 11 is 6.03. The molecule has 0 radical (unpaired) electrons. The number of aromatic carboxylic acids is 1. The van der Waals surface area contributed by atoms with Gasteiger partial charge in [-0.2, -0.15) is 0 Å². The van der Waals surface area contributed by atoms with Crippen LogP contribution in [0, 0.1) is 0 Å². The molecule has 0 saturated heterocycles. The number of fused-ring (bicyclic) bond motifs is 1. The van der Waals surface area contributed by atoms with Crippen LogP contribution in [0.4, 0.5) is 0 Å². The topological polar surface area (TPSA) is 63.3 Å². The molecule has 0 atom stereocenters. The van der Waals surface area contributed by atoms with E-state index in [0.717, 1.165) is 5.39 Å². The molecule has 0 spiro atoms. The fraction of sp³-hybridized carbons (Fsp3) is 0. The van der Waals surface area contributed by atoms with E-state index in [-0.39, 0.29) is 5.56 Å². The predicted molar refractivity (Wildman–Crippen MR) is 71.4 cm³/mol. The Morgan fingerprint density at radius 3 is 2.89 bits per heavy atom. The summed E-state index contributed by atoms with van der Waals surface area (Å²) in [5, 5.41) is 10.5. The molecule has 3 aromatic rings. The average Bonchev–Trinajstić information content (AvgIpc) is 2.84. The first-order valence-electron chi connectivity index (χ1n) is 5.52. The van der Waals surface area contributed by atoms with Crippen LogP contribution >= 0.6 is 11.6 Å². The first-order valence-corrected chi connectivity index (χ1v) is 5.90. The number of carboxylic acids is 1. The zero-order valence-electron chi connectivity index (χ0n) is 9.63. The molecule has 4 nitrogen and oxygen atoms in total. The van der Waals surface area contributed by atoms with Gasteiger partial charge in [-0.25, -0.2) is 4.79 Å². The molecule has 0 aliphatic carbocycles. The molecule has 1 aromatic carbocycles. The maximum atomic E-state index is 11.2. The number of aromatic nitrogens is 1. The van der Waals surface area contributed by atoms with Gasteiger partial charge in [-0.05, 0) is 18.2 Å². The summed E-state index contributed by atoms with van der Waals surface area (Å²) in [6.45, 7) is 0. The third-order valence-corrected chi connectivity index (χ3v) is 3.11. The van der Waals surface area contributed by atoms with Crippen LogP contribution in [0.5, 0.6) is 0 Å². The number of nitrogens with zero attached hydrogens (tertiary/aromatic N) is 1. The van der Waals surface area contributed by atoms with Gasteiger partial charge in [-0.3, -0.25) is 4.98 Å². The van der Waals surface area contributed by atoms with Gasteiger partial charge < -0.3 is 9.52 Å². The molecule has 2 aromatic heterocycles. The highest BCUT2D eigenvalue weighted by molar-refractivity contribution is 6.34. The Hall–Kier alpha value is -2.33. The van der Waals surface area contributed by atoms with Gasteiger partial charge >= 0.3 is 5.97 Å². The number of pyridine rings is 1. The van der Waals surface area contributed by atoms with Gasteiger partial charge in [-0.15, -0.1) is 0 Å². The van der Waals surface area contributed by atoms with E-state index in [0.29, 0.717) is 21.9 Å². The minimum atomic E-state index is -1.02. The van der Waals surface area contributed by atoms with Gasteiger partial charge in [-0.1, -0.05) is 23.7 Å². The standard InChI is InChI=1S/C14H8ClNO3/c15-11-3-1-2-8-6-12(19-13(8)11)10-7-16-5-4-9(10)14(17)18/h1-7H,(H,17,18). The minimum Gasteiger partial charge on any atom is -0.478 e. The molecule has 94 valence electrons. The average molecular weight is 274 g/mol. The summed E-state index contributed by atoms with van der Waals surface area (Å²) in [6, 6.07) is 8.58. The van der Waals surface area contributed by atoms with Crippen molar-refractivity contribution in [2.45, 2.75) is 0 Å². The molecule has 2 heterocycles. The van der Waals surface area contributed by atoms with Crippen molar-refractivity contribution in [1.29, 1.82) is 0 Å². The molecule has 1 N–H and O–H groups in total. The van der Waals surface area contributed by atoms with E-state index in [1.807, 2.05) is 12.1 Å². The third-order valence-electron chi connectivity index (χ3n) is 2.81. The highest BCUT2D eigenvalue weighted by Crippen LogP contribution is 2.33. The molecular weight excluding hydrogens is 266 g/mol. The molecule has 0 amide bonds. The first-order chi connectivity index (χ1) is 9.16. The Labute approximate surface area is 113 Å². The van der Waals surface area contributed by atoms with Crippen molar-refractivity contribution in [2.75, 3.05) is 0 Å². The van der Waals surface area contributed by atoms with Gasteiger partial charge in [0.05, 0.1) is 16.1 Å². The van der Waals surface area contributed by atoms with Crippen LogP contribution in [-0.2, 0) is 0 Å². The minimum absolute atomic E-state index is 0.144. The second-order valence-corrected chi connectivity index (χ2v) is 4.40. The fourth-order valence-corrected chi connectivity index (χ4v) is 2.16. The van der Waals surface area contributed by atoms with Crippen molar-refractivity contribution in [2.24, 2.45) is 0 Å². The third kappa shape index (κ3) is 1.96. The summed E-state index contributed by atoms with van der Waals surface area (Å²) in [4.78, 5) is 15.1. The largest absolute Gasteiger partial charge is 0.478 e. The van der Waals surface area contributed by atoms with Crippen LogP contribution in [0.2, 0.25) is 5.02 Å². The molecule has 5 heteroatoms. The Kier molecular flexibility index (Phi) is 2.72. The highest BCUT2D eigenvalue weighted by atomic mass is 35.5. The quantitative estimate of drug-likeness (QED) is 0.770. The number of carboxylic acid groups (broad SMARTS) is 1. The number of halogens is 1. The van der Waals surface area contributed by atoms with Crippen molar-refractivity contribution in [3.8, 4) is 11.3 Å². The number of benzene rings is 1. The van der Waals surface area contributed by atoms with E-state index < -0.39 is 5.97 Å². The lowest BCUT2D eigenvalue weighted by Gasteiger charge is -2.00. The number of furan rings is 1. The number of carbonyl (C=O) groups is 1. The second-order valence-electron chi connectivity index (χ2n) is 4.00. The van der Waals surface area contributed by atoms with Crippen molar-refractivity contribution < 1.29 is 14.3 Å². The van der Waals surface area contributed by atoms with E-state index in [2.05, 4.69) is 4.98 Å². The predicted octanol–water partition coefficient (Wildman–Crippen LogP) is 3.85. The van der Waals surface area contributed by atoms with Gasteiger partial charge in [0.1, 0.15) is 5.76 Å². The van der Waals surface area contributed by atoms with Crippen LogP contribution in [0.1, 0.15) is 10.4 Å². The Balaban J connectivity index is 2.25. The molecule has 0 bridgehead atoms. The van der Waals surface area contributed by atoms with Crippen molar-refractivity contribution in [3.05, 3.63) is 53.3 Å². The summed E-state index contributed by atoms with van der Waals surface area (Å²) in [5.74, 6) is -0.586. The zero-order valence-corrected chi connectivity index (χ0v) is 10.4. The van der Waals surface area contributed by atoms with Crippen molar-refractivity contribution in [1.82, 2.24) is 4.98 Å². The molecule has 3 rings (SSSR count). The fourth-order valence-electron chi connectivity index (χ4n) is 1.94. The molecule has 19 heavy (non-hydrogen) atoms. The number of hydrogen-bond donors (Lipinski definition) is 1. The SMILES string of the molecule is O=C(O)c1ccncc1-c1cc2cccc(Cl)c2o1. The van der Waals surface area contributed by atoms with E-state index in [1.165, 1.54) is 18.5 Å². The maximum absolute atomic E-state index is 11.2. The monoisotopic (exact) mass is 273 g/mol. The second kappa shape index (κ2) is 4.40. The van der Waals surface area contributed by atoms with Gasteiger partial charge in [0.15, 0.2) is 5.58 Å². The van der Waals surface area contributed by atoms with Crippen LogP contribution in [-0.4, -0.2) is 16.1 Å². The molecule has 0 aliphatic rings. The summed E-state index contributed by atoms with van der Waals surface area (Å²) < 4.78 is 5.64. The maximum Gasteiger partial charge on any atom is 0.336 e. The molecule has 0 fully saturated rings. The molecule has 0 saturated carbocycles. The number of rotatable bonds is 2. The van der Waals surface area contributed by atoms with Gasteiger partial charge in [0, 0.05) is 17.8 Å². The van der Waals surface area contributed by atoms with Gasteiger partial charge in [0.2, 0.25) is 0 Å². The van der Waals surface area contributed by atoms with E-state index >= 15 is 0 Å². The Bertz CT molecular complexity index is 779. The van der Waals surface area contributed by atoms with E-state index in [1.54, 1.807) is 12.1 Å². The molecule has 0 aliphatic heterocycles. The van der Waals surface area contributed by atoms with Crippen LogP contribution < -0.4 is 0 Å². The summed E-state index contributed by atoms with van der Waals surface area (Å²) in [5.41, 5.74) is 1.12. The van der Waals surface area contributed by atoms with Crippen molar-refractivity contribution >= 4 is 28.5 Å². The Morgan fingerprint density at radius 2 is 2.16 bits per heavy atom. The van der Waals surface area contributed by atoms with Crippen LogP contribution in [0.3, 0.4) is 0 Å². The smallest absolute Gasteiger partial charge is 0.336 e. The van der Waals surface area contributed by atoms with Gasteiger partial charge in [0.25, 0.3) is 0 Å². The number of hydrogen-bond acceptors (Lipinski definition) is 3. The van der Waals surface area contributed by atoms with E-state index in [4.69, 9.17) is 21.1 Å². The lowest BCUT2D eigenvalue weighted by atomic mass is 10.1. The van der Waals surface area contributed by atoms with Crippen molar-refractivity contribution in [3.63, 3.8) is 0 Å². The summed E-state index contributed by atoms with van der Waals surface area (Å²) in [6.07, 6.45) is 2.90. The highest BCUT2D eigenvalue weighted by Gasteiger charge is 2.16. The molecule has 0 unspecified atom stereocenters. The number of para-hydroxylation sites is 1. The lowest BCUT2D eigenvalue weighted by molar-refractivity contribution is 0.0697. The van der Waals surface area contributed by atoms with Crippen LogP contribution in [0.25, 0.3) is 22.3 Å².